The molecular weight excluding hydrogens is 552 g/mol. The smallest absolute Gasteiger partial charge is 0.338 e. The SMILES string of the molecule is O=C(COC1OCC(OC(=O)c2ccccc2)C(OC(=O)c2ccccc2)C1OC(=O)c1ccccc1)c1ccccc1. The second kappa shape index (κ2) is 14.2. The largest absolute Gasteiger partial charge is 0.452 e. The van der Waals surface area contributed by atoms with E-state index in [1.807, 2.05) is 0 Å². The summed E-state index contributed by atoms with van der Waals surface area (Å²) < 4.78 is 29.1. The molecule has 0 saturated carbocycles. The second-order valence-corrected chi connectivity index (χ2v) is 9.58. The normalized spacial score (nSPS) is 19.5. The van der Waals surface area contributed by atoms with Gasteiger partial charge in [-0.25, -0.2) is 14.4 Å². The molecule has 0 aliphatic carbocycles. The average molecular weight is 581 g/mol. The number of ether oxygens (including phenoxy) is 5. The van der Waals surface area contributed by atoms with Crippen LogP contribution in [-0.2, 0) is 23.7 Å². The van der Waals surface area contributed by atoms with Crippen LogP contribution in [0.5, 0.6) is 0 Å². The summed E-state index contributed by atoms with van der Waals surface area (Å²) in [4.78, 5) is 52.3. The third-order valence-electron chi connectivity index (χ3n) is 6.63. The Morgan fingerprint density at radius 2 is 0.930 bits per heavy atom. The van der Waals surface area contributed by atoms with Crippen molar-refractivity contribution in [2.75, 3.05) is 13.2 Å². The molecule has 1 saturated heterocycles. The van der Waals surface area contributed by atoms with Crippen molar-refractivity contribution in [3.63, 3.8) is 0 Å². The molecule has 1 aliphatic heterocycles. The van der Waals surface area contributed by atoms with Crippen LogP contribution in [0.3, 0.4) is 0 Å². The summed E-state index contributed by atoms with van der Waals surface area (Å²) in [6.07, 6.45) is -5.27. The van der Waals surface area contributed by atoms with Crippen LogP contribution in [0.25, 0.3) is 0 Å². The van der Waals surface area contributed by atoms with E-state index >= 15 is 0 Å². The zero-order chi connectivity index (χ0) is 30.0. The fourth-order valence-electron chi connectivity index (χ4n) is 4.43. The van der Waals surface area contributed by atoms with Crippen LogP contribution >= 0.6 is 0 Å². The van der Waals surface area contributed by atoms with Crippen molar-refractivity contribution < 1.29 is 42.9 Å². The Kier molecular flexibility index (Phi) is 9.68. The van der Waals surface area contributed by atoms with Gasteiger partial charge in [0.05, 0.1) is 23.3 Å². The molecule has 4 unspecified atom stereocenters. The molecule has 4 aromatic rings. The van der Waals surface area contributed by atoms with Gasteiger partial charge in [0.2, 0.25) is 0 Å². The molecule has 1 heterocycles. The minimum absolute atomic E-state index is 0.221. The lowest BCUT2D eigenvalue weighted by Crippen LogP contribution is -2.58. The number of ketones is 1. The van der Waals surface area contributed by atoms with Gasteiger partial charge in [0.1, 0.15) is 6.61 Å². The molecule has 1 aliphatic rings. The van der Waals surface area contributed by atoms with E-state index in [4.69, 9.17) is 23.7 Å². The summed E-state index contributed by atoms with van der Waals surface area (Å²) in [6.45, 7) is -0.684. The lowest BCUT2D eigenvalue weighted by atomic mass is 10.0. The van der Waals surface area contributed by atoms with Crippen LogP contribution in [0.2, 0.25) is 0 Å². The Hall–Kier alpha value is -5.12. The van der Waals surface area contributed by atoms with Gasteiger partial charge in [-0.2, -0.15) is 0 Å². The number of carbonyl (C=O) groups is 4. The highest BCUT2D eigenvalue weighted by Crippen LogP contribution is 2.27. The van der Waals surface area contributed by atoms with Crippen LogP contribution < -0.4 is 0 Å². The van der Waals surface area contributed by atoms with Crippen molar-refractivity contribution in [1.29, 1.82) is 0 Å². The highest BCUT2D eigenvalue weighted by Gasteiger charge is 2.48. The molecule has 5 rings (SSSR count). The molecule has 9 nitrogen and oxygen atoms in total. The fourth-order valence-corrected chi connectivity index (χ4v) is 4.43. The standard InChI is InChI=1S/C34H28O9/c35-27(23-13-5-1-6-14-23)21-39-34-30(43-33(38)26-19-11-4-12-20-26)29(42-32(37)25-17-9-3-10-18-25)28(22-40-34)41-31(36)24-15-7-2-8-16-24/h1-20,28-30,34H,21-22H2. The monoisotopic (exact) mass is 580 g/mol. The number of rotatable bonds is 10. The van der Waals surface area contributed by atoms with Crippen molar-refractivity contribution in [3.05, 3.63) is 144 Å². The van der Waals surface area contributed by atoms with Gasteiger partial charge in [-0.15, -0.1) is 0 Å². The van der Waals surface area contributed by atoms with E-state index < -0.39 is 49.1 Å². The minimum Gasteiger partial charge on any atom is -0.452 e. The fraction of sp³-hybridized carbons (Fsp3) is 0.176. The van der Waals surface area contributed by atoms with E-state index in [9.17, 15) is 19.2 Å². The molecule has 4 aromatic carbocycles. The first-order chi connectivity index (χ1) is 21.0. The summed E-state index contributed by atoms with van der Waals surface area (Å²) in [5, 5.41) is 0. The number of Topliss-reactive ketones (excluding diaryl/α,β-unsaturated/α-hetero) is 1. The van der Waals surface area contributed by atoms with Gasteiger partial charge in [0.25, 0.3) is 0 Å². The number of benzene rings is 4. The number of esters is 3. The Balaban J connectivity index is 1.44. The molecular formula is C34H28O9. The van der Waals surface area contributed by atoms with Gasteiger partial charge in [0.15, 0.2) is 30.4 Å². The molecule has 0 radical (unpaired) electrons. The summed E-state index contributed by atoms with van der Waals surface area (Å²) >= 11 is 0. The third-order valence-corrected chi connectivity index (χ3v) is 6.63. The number of hydrogen-bond acceptors (Lipinski definition) is 9. The number of hydrogen-bond donors (Lipinski definition) is 0. The van der Waals surface area contributed by atoms with Gasteiger partial charge in [-0.1, -0.05) is 84.9 Å². The van der Waals surface area contributed by atoms with E-state index in [-0.39, 0.29) is 29.1 Å². The Morgan fingerprint density at radius 3 is 1.40 bits per heavy atom. The lowest BCUT2D eigenvalue weighted by molar-refractivity contribution is -0.264. The first-order valence-corrected chi connectivity index (χ1v) is 13.6. The molecule has 0 N–H and O–H groups in total. The molecule has 43 heavy (non-hydrogen) atoms. The molecule has 218 valence electrons. The molecule has 4 atom stereocenters. The summed E-state index contributed by atoms with van der Waals surface area (Å²) in [7, 11) is 0. The number of carbonyl (C=O) groups excluding carboxylic acids is 4. The maximum atomic E-state index is 13.2. The predicted molar refractivity (Wildman–Crippen MR) is 153 cm³/mol. The summed E-state index contributed by atoms with van der Waals surface area (Å²) in [6, 6.07) is 33.1. The first kappa shape index (κ1) is 29.4. The Bertz CT molecular complexity index is 1530. The van der Waals surface area contributed by atoms with Gasteiger partial charge < -0.3 is 23.7 Å². The molecule has 1 fully saturated rings. The quantitative estimate of drug-likeness (QED) is 0.146. The molecule has 0 aromatic heterocycles. The molecule has 0 spiro atoms. The molecule has 9 heteroatoms. The topological polar surface area (TPSA) is 114 Å². The van der Waals surface area contributed by atoms with Gasteiger partial charge in [0, 0.05) is 5.56 Å². The predicted octanol–water partition coefficient (Wildman–Crippen LogP) is 4.92. The van der Waals surface area contributed by atoms with Crippen molar-refractivity contribution >= 4 is 23.7 Å². The highest BCUT2D eigenvalue weighted by molar-refractivity contribution is 5.97. The summed E-state index contributed by atoms with van der Waals surface area (Å²) in [5.74, 6) is -2.53. The van der Waals surface area contributed by atoms with E-state index in [2.05, 4.69) is 0 Å². The second-order valence-electron chi connectivity index (χ2n) is 9.58. The van der Waals surface area contributed by atoms with E-state index in [0.717, 1.165) is 0 Å². The Labute approximate surface area is 247 Å². The highest BCUT2D eigenvalue weighted by atomic mass is 16.7. The average Bonchev–Trinajstić information content (AvgIpc) is 3.07. The summed E-state index contributed by atoms with van der Waals surface area (Å²) in [5.41, 5.74) is 1.13. The Morgan fingerprint density at radius 1 is 0.535 bits per heavy atom. The van der Waals surface area contributed by atoms with E-state index in [0.29, 0.717) is 5.56 Å². The zero-order valence-corrected chi connectivity index (χ0v) is 22.9. The van der Waals surface area contributed by atoms with Crippen LogP contribution in [0.15, 0.2) is 121 Å². The molecule has 0 amide bonds. The van der Waals surface area contributed by atoms with Crippen molar-refractivity contribution in [2.24, 2.45) is 0 Å². The van der Waals surface area contributed by atoms with Gasteiger partial charge in [-0.05, 0) is 36.4 Å². The third kappa shape index (κ3) is 7.59. The van der Waals surface area contributed by atoms with E-state index in [1.165, 1.54) is 0 Å². The van der Waals surface area contributed by atoms with Crippen LogP contribution in [0.4, 0.5) is 0 Å². The minimum atomic E-state index is -1.41. The lowest BCUT2D eigenvalue weighted by Gasteiger charge is -2.40. The maximum Gasteiger partial charge on any atom is 0.338 e. The zero-order valence-electron chi connectivity index (χ0n) is 22.9. The molecule has 0 bridgehead atoms. The maximum absolute atomic E-state index is 13.2. The van der Waals surface area contributed by atoms with Gasteiger partial charge >= 0.3 is 17.9 Å². The first-order valence-electron chi connectivity index (χ1n) is 13.6. The van der Waals surface area contributed by atoms with Crippen LogP contribution in [-0.4, -0.2) is 61.5 Å². The van der Waals surface area contributed by atoms with Crippen molar-refractivity contribution in [1.82, 2.24) is 0 Å². The van der Waals surface area contributed by atoms with Crippen LogP contribution in [0, 0.1) is 0 Å². The van der Waals surface area contributed by atoms with E-state index in [1.54, 1.807) is 121 Å². The van der Waals surface area contributed by atoms with Crippen molar-refractivity contribution in [2.45, 2.75) is 24.6 Å². The van der Waals surface area contributed by atoms with Crippen molar-refractivity contribution in [3.8, 4) is 0 Å². The van der Waals surface area contributed by atoms with Crippen LogP contribution in [0.1, 0.15) is 41.4 Å². The van der Waals surface area contributed by atoms with Gasteiger partial charge in [-0.3, -0.25) is 4.79 Å².